The minimum Gasteiger partial charge on any atom is -0.497 e. The number of ketones is 1. The van der Waals surface area contributed by atoms with Crippen LogP contribution in [0.25, 0.3) is 0 Å². The van der Waals surface area contributed by atoms with E-state index < -0.39 is 11.7 Å². The zero-order chi connectivity index (χ0) is 13.8. The average molecular weight is 249 g/mol. The van der Waals surface area contributed by atoms with Crippen molar-refractivity contribution in [1.29, 1.82) is 0 Å². The Labute approximate surface area is 107 Å². The molecule has 0 saturated heterocycles. The predicted octanol–water partition coefficient (Wildman–Crippen LogP) is 1.68. The number of Topliss-reactive ketones (excluding diaryl/α,β-unsaturated/α-hetero) is 1. The number of benzene rings is 1. The fraction of sp³-hybridized carbons (Fsp3) is 0.429. The first kappa shape index (κ1) is 14.2. The van der Waals surface area contributed by atoms with Crippen molar-refractivity contribution in [3.63, 3.8) is 0 Å². The Morgan fingerprint density at radius 1 is 1.22 bits per heavy atom. The van der Waals surface area contributed by atoms with Gasteiger partial charge in [0, 0.05) is 18.9 Å². The average Bonchev–Trinajstić information content (AvgIpc) is 2.36. The number of carbonyl (C=O) groups excluding carboxylic acids is 2. The van der Waals surface area contributed by atoms with Crippen LogP contribution in [-0.4, -0.2) is 25.3 Å². The molecule has 4 heteroatoms. The molecule has 0 aliphatic carbocycles. The first-order valence-electron chi connectivity index (χ1n) is 5.80. The number of ether oxygens (including phenoxy) is 1. The maximum Gasteiger partial charge on any atom is 0.287 e. The smallest absolute Gasteiger partial charge is 0.287 e. The highest BCUT2D eigenvalue weighted by Gasteiger charge is 2.22. The molecule has 98 valence electrons. The van der Waals surface area contributed by atoms with Crippen molar-refractivity contribution >= 4 is 11.7 Å². The van der Waals surface area contributed by atoms with Gasteiger partial charge in [0.25, 0.3) is 5.91 Å². The van der Waals surface area contributed by atoms with E-state index in [2.05, 4.69) is 5.32 Å². The van der Waals surface area contributed by atoms with Crippen molar-refractivity contribution in [3.8, 4) is 5.75 Å². The first-order valence-corrected chi connectivity index (χ1v) is 5.80. The van der Waals surface area contributed by atoms with Crippen LogP contribution in [0, 0.1) is 0 Å². The molecular weight excluding hydrogens is 230 g/mol. The van der Waals surface area contributed by atoms with E-state index in [-0.39, 0.29) is 5.41 Å². The maximum atomic E-state index is 11.2. The Hall–Kier alpha value is -1.84. The highest BCUT2D eigenvalue weighted by molar-refractivity contribution is 6.35. The second kappa shape index (κ2) is 5.67. The molecular formula is C14H19NO3. The van der Waals surface area contributed by atoms with Crippen LogP contribution in [0.1, 0.15) is 26.3 Å². The van der Waals surface area contributed by atoms with E-state index in [1.54, 1.807) is 7.11 Å². The van der Waals surface area contributed by atoms with E-state index >= 15 is 0 Å². The van der Waals surface area contributed by atoms with Crippen molar-refractivity contribution < 1.29 is 14.3 Å². The van der Waals surface area contributed by atoms with Crippen LogP contribution in [0.3, 0.4) is 0 Å². The van der Waals surface area contributed by atoms with Crippen LogP contribution in [0.2, 0.25) is 0 Å². The second-order valence-electron chi connectivity index (χ2n) is 4.85. The number of nitrogens with one attached hydrogen (secondary N) is 1. The summed E-state index contributed by atoms with van der Waals surface area (Å²) in [6.07, 6.45) is 0. The third-order valence-corrected chi connectivity index (χ3v) is 2.88. The van der Waals surface area contributed by atoms with E-state index in [0.29, 0.717) is 6.54 Å². The molecule has 0 bridgehead atoms. The third-order valence-electron chi connectivity index (χ3n) is 2.88. The molecule has 0 saturated carbocycles. The third kappa shape index (κ3) is 3.58. The predicted molar refractivity (Wildman–Crippen MR) is 69.7 cm³/mol. The number of hydrogen-bond acceptors (Lipinski definition) is 3. The summed E-state index contributed by atoms with van der Waals surface area (Å²) >= 11 is 0. The molecule has 0 aromatic heterocycles. The normalized spacial score (nSPS) is 10.9. The SMILES string of the molecule is COc1ccc(C(C)(C)CNC(=O)C(C)=O)cc1. The number of carbonyl (C=O) groups is 2. The van der Waals surface area contributed by atoms with Gasteiger partial charge in [-0.1, -0.05) is 26.0 Å². The van der Waals surface area contributed by atoms with Gasteiger partial charge in [-0.05, 0) is 17.7 Å². The van der Waals surface area contributed by atoms with Crippen molar-refractivity contribution in [2.45, 2.75) is 26.2 Å². The number of hydrogen-bond donors (Lipinski definition) is 1. The molecule has 18 heavy (non-hydrogen) atoms. The van der Waals surface area contributed by atoms with E-state index in [0.717, 1.165) is 11.3 Å². The molecule has 0 aliphatic rings. The minimum atomic E-state index is -0.545. The molecule has 1 aromatic rings. The summed E-state index contributed by atoms with van der Waals surface area (Å²) in [5, 5.41) is 2.63. The van der Waals surface area contributed by atoms with Crippen molar-refractivity contribution in [3.05, 3.63) is 29.8 Å². The molecule has 1 amide bonds. The van der Waals surface area contributed by atoms with Crippen LogP contribution >= 0.6 is 0 Å². The number of methoxy groups -OCH3 is 1. The van der Waals surface area contributed by atoms with Gasteiger partial charge in [0.2, 0.25) is 5.78 Å². The van der Waals surface area contributed by atoms with Crippen molar-refractivity contribution in [1.82, 2.24) is 5.32 Å². The van der Waals surface area contributed by atoms with Crippen molar-refractivity contribution in [2.75, 3.05) is 13.7 Å². The van der Waals surface area contributed by atoms with Gasteiger partial charge in [-0.2, -0.15) is 0 Å². The van der Waals surface area contributed by atoms with Crippen LogP contribution in [0.5, 0.6) is 5.75 Å². The first-order chi connectivity index (χ1) is 8.36. The van der Waals surface area contributed by atoms with Gasteiger partial charge in [0.1, 0.15) is 5.75 Å². The summed E-state index contributed by atoms with van der Waals surface area (Å²) in [5.74, 6) is -0.223. The van der Waals surface area contributed by atoms with Crippen LogP contribution in [-0.2, 0) is 15.0 Å². The van der Waals surface area contributed by atoms with Gasteiger partial charge in [0.15, 0.2) is 0 Å². The summed E-state index contributed by atoms with van der Waals surface area (Å²) < 4.78 is 5.10. The highest BCUT2D eigenvalue weighted by atomic mass is 16.5. The van der Waals surface area contributed by atoms with Gasteiger partial charge in [0.05, 0.1) is 7.11 Å². The van der Waals surface area contributed by atoms with Crippen molar-refractivity contribution in [2.24, 2.45) is 0 Å². The van der Waals surface area contributed by atoms with Crippen LogP contribution in [0.15, 0.2) is 24.3 Å². The summed E-state index contributed by atoms with van der Waals surface area (Å²) in [6.45, 7) is 5.69. The van der Waals surface area contributed by atoms with E-state index in [9.17, 15) is 9.59 Å². The van der Waals surface area contributed by atoms with Crippen LogP contribution < -0.4 is 10.1 Å². The number of rotatable bonds is 5. The molecule has 0 aliphatic heterocycles. The lowest BCUT2D eigenvalue weighted by Crippen LogP contribution is -2.39. The van der Waals surface area contributed by atoms with Gasteiger partial charge in [-0.3, -0.25) is 9.59 Å². The molecule has 0 spiro atoms. The standard InChI is InChI=1S/C14H19NO3/c1-10(16)13(17)15-9-14(2,3)11-5-7-12(18-4)8-6-11/h5-8H,9H2,1-4H3,(H,15,17). The molecule has 1 rings (SSSR count). The van der Waals surface area contributed by atoms with Gasteiger partial charge in [-0.15, -0.1) is 0 Å². The highest BCUT2D eigenvalue weighted by Crippen LogP contribution is 2.24. The fourth-order valence-corrected chi connectivity index (χ4v) is 1.57. The zero-order valence-corrected chi connectivity index (χ0v) is 11.2. The molecule has 0 fully saturated rings. The van der Waals surface area contributed by atoms with E-state index in [1.165, 1.54) is 6.92 Å². The zero-order valence-electron chi connectivity index (χ0n) is 11.2. The Morgan fingerprint density at radius 3 is 2.22 bits per heavy atom. The second-order valence-corrected chi connectivity index (χ2v) is 4.85. The van der Waals surface area contributed by atoms with Gasteiger partial charge < -0.3 is 10.1 Å². The van der Waals surface area contributed by atoms with Gasteiger partial charge in [-0.25, -0.2) is 0 Å². The summed E-state index contributed by atoms with van der Waals surface area (Å²) in [6, 6.07) is 7.67. The monoisotopic (exact) mass is 249 g/mol. The molecule has 4 nitrogen and oxygen atoms in total. The molecule has 0 radical (unpaired) electrons. The van der Waals surface area contributed by atoms with E-state index in [4.69, 9.17) is 4.74 Å². The molecule has 1 aromatic carbocycles. The Morgan fingerprint density at radius 2 is 1.78 bits per heavy atom. The lowest BCUT2D eigenvalue weighted by atomic mass is 9.84. The molecule has 1 N–H and O–H groups in total. The molecule has 0 atom stereocenters. The van der Waals surface area contributed by atoms with Crippen LogP contribution in [0.4, 0.5) is 0 Å². The molecule has 0 heterocycles. The summed E-state index contributed by atoms with van der Waals surface area (Å²) in [4.78, 5) is 22.1. The lowest BCUT2D eigenvalue weighted by molar-refractivity contribution is -0.136. The quantitative estimate of drug-likeness (QED) is 0.808. The Bertz CT molecular complexity index is 435. The molecule has 0 unspecified atom stereocenters. The summed E-state index contributed by atoms with van der Waals surface area (Å²) in [7, 11) is 1.62. The topological polar surface area (TPSA) is 55.4 Å². The van der Waals surface area contributed by atoms with E-state index in [1.807, 2.05) is 38.1 Å². The number of amides is 1. The van der Waals surface area contributed by atoms with Gasteiger partial charge >= 0.3 is 0 Å². The minimum absolute atomic E-state index is 0.239. The Kier molecular flexibility index (Phi) is 4.48. The lowest BCUT2D eigenvalue weighted by Gasteiger charge is -2.25. The largest absolute Gasteiger partial charge is 0.497 e. The Balaban J connectivity index is 2.72. The fourth-order valence-electron chi connectivity index (χ4n) is 1.57. The maximum absolute atomic E-state index is 11.2. The summed E-state index contributed by atoms with van der Waals surface area (Å²) in [5.41, 5.74) is 0.837.